The van der Waals surface area contributed by atoms with Crippen molar-refractivity contribution < 1.29 is 34.9 Å². The molecule has 0 bridgehead atoms. The molecule has 3 aromatic carbocycles. The maximum absolute atomic E-state index is 13.7. The van der Waals surface area contributed by atoms with Gasteiger partial charge in [0.05, 0.1) is 10.5 Å². The van der Waals surface area contributed by atoms with E-state index in [2.05, 4.69) is 0 Å². The number of hydrogen-bond donors (Lipinski definition) is 0. The summed E-state index contributed by atoms with van der Waals surface area (Å²) >= 11 is 0. The maximum Gasteiger partial charge on any atom is 0.416 e. The zero-order chi connectivity index (χ0) is 23.1. The van der Waals surface area contributed by atoms with E-state index >= 15 is 0 Å². The minimum absolute atomic E-state index is 0.0188. The lowest BCUT2D eigenvalue weighted by Crippen LogP contribution is -2.23. The van der Waals surface area contributed by atoms with Crippen molar-refractivity contribution in [3.05, 3.63) is 83.2 Å². The van der Waals surface area contributed by atoms with E-state index in [1.165, 1.54) is 30.3 Å². The summed E-state index contributed by atoms with van der Waals surface area (Å²) in [4.78, 5) is -0.0292. The van der Waals surface area contributed by atoms with E-state index in [9.17, 15) is 26.0 Å². The summed E-state index contributed by atoms with van der Waals surface area (Å²) in [6, 6.07) is 13.1. The number of alkyl halides is 3. The summed E-state index contributed by atoms with van der Waals surface area (Å²) in [7, 11) is -4.06. The van der Waals surface area contributed by atoms with Crippen molar-refractivity contribution in [3.8, 4) is 16.9 Å². The molecule has 168 valence electrons. The normalized spacial score (nSPS) is 16.0. The Morgan fingerprint density at radius 3 is 2.44 bits per heavy atom. The van der Waals surface area contributed by atoms with Crippen LogP contribution >= 0.6 is 0 Å². The topological polar surface area (TPSA) is 52.6 Å². The Hall–Kier alpha value is -2.91. The van der Waals surface area contributed by atoms with E-state index in [1.807, 2.05) is 6.92 Å². The van der Waals surface area contributed by atoms with Crippen molar-refractivity contribution in [2.75, 3.05) is 6.61 Å². The zero-order valence-electron chi connectivity index (χ0n) is 16.8. The van der Waals surface area contributed by atoms with Gasteiger partial charge in [-0.15, -0.1) is 0 Å². The molecule has 0 amide bonds. The summed E-state index contributed by atoms with van der Waals surface area (Å²) in [6.45, 7) is 1.43. The van der Waals surface area contributed by atoms with E-state index in [-0.39, 0.29) is 40.4 Å². The number of fused-ring (bicyclic) bond motifs is 1. The molecule has 4 nitrogen and oxygen atoms in total. The van der Waals surface area contributed by atoms with Gasteiger partial charge in [-0.25, -0.2) is 4.39 Å². The molecule has 1 aliphatic rings. The van der Waals surface area contributed by atoms with Crippen LogP contribution < -0.4 is 4.74 Å². The van der Waals surface area contributed by atoms with E-state index in [1.54, 1.807) is 12.1 Å². The van der Waals surface area contributed by atoms with Crippen molar-refractivity contribution in [2.24, 2.45) is 0 Å². The molecule has 0 saturated carbocycles. The van der Waals surface area contributed by atoms with E-state index < -0.39 is 33.8 Å². The first-order valence-electron chi connectivity index (χ1n) is 9.66. The monoisotopic (exact) mass is 466 g/mol. The van der Waals surface area contributed by atoms with Crippen LogP contribution in [0.25, 0.3) is 11.1 Å². The van der Waals surface area contributed by atoms with E-state index in [4.69, 9.17) is 8.92 Å². The molecule has 1 atom stereocenters. The van der Waals surface area contributed by atoms with Crippen LogP contribution in [-0.4, -0.2) is 21.1 Å². The van der Waals surface area contributed by atoms with Gasteiger partial charge in [0.15, 0.2) is 0 Å². The highest BCUT2D eigenvalue weighted by Gasteiger charge is 2.36. The lowest BCUT2D eigenvalue weighted by atomic mass is 9.97. The average molecular weight is 466 g/mol. The molecule has 0 aliphatic carbocycles. The number of aryl methyl sites for hydroxylation is 1. The first-order valence-corrected chi connectivity index (χ1v) is 11.1. The van der Waals surface area contributed by atoms with Gasteiger partial charge in [0, 0.05) is 12.0 Å². The van der Waals surface area contributed by atoms with Gasteiger partial charge in [-0.3, -0.25) is 4.18 Å². The molecule has 4 rings (SSSR count). The third kappa shape index (κ3) is 4.63. The predicted molar refractivity (Wildman–Crippen MR) is 109 cm³/mol. The Kier molecular flexibility index (Phi) is 5.72. The van der Waals surface area contributed by atoms with Crippen molar-refractivity contribution in [2.45, 2.75) is 30.5 Å². The van der Waals surface area contributed by atoms with Gasteiger partial charge in [-0.2, -0.15) is 21.6 Å². The largest absolute Gasteiger partial charge is 0.487 e. The second-order valence-electron chi connectivity index (χ2n) is 7.52. The van der Waals surface area contributed by atoms with Crippen molar-refractivity contribution in [3.63, 3.8) is 0 Å². The SMILES string of the molecule is Cc1ccc(S(=O)(=O)OCC2Cc3cc(C(F)(F)F)cc(-c4cccc(F)c4)c3O2)cc1. The van der Waals surface area contributed by atoms with Gasteiger partial charge >= 0.3 is 6.18 Å². The Labute approximate surface area is 182 Å². The molecule has 0 N–H and O–H groups in total. The number of hydrogen-bond acceptors (Lipinski definition) is 4. The van der Waals surface area contributed by atoms with Crippen LogP contribution in [0.15, 0.2) is 65.6 Å². The van der Waals surface area contributed by atoms with Crippen LogP contribution in [0.2, 0.25) is 0 Å². The van der Waals surface area contributed by atoms with Gasteiger partial charge in [0.1, 0.15) is 24.3 Å². The van der Waals surface area contributed by atoms with Gasteiger partial charge < -0.3 is 4.74 Å². The van der Waals surface area contributed by atoms with Crippen LogP contribution in [0, 0.1) is 12.7 Å². The Bertz CT molecular complexity index is 1250. The molecule has 1 unspecified atom stereocenters. The molecule has 0 saturated heterocycles. The third-order valence-corrected chi connectivity index (χ3v) is 6.38. The lowest BCUT2D eigenvalue weighted by molar-refractivity contribution is -0.137. The minimum atomic E-state index is -4.61. The molecular formula is C23H18F4O4S. The Morgan fingerprint density at radius 1 is 1.06 bits per heavy atom. The van der Waals surface area contributed by atoms with Gasteiger partial charge in [-0.1, -0.05) is 29.8 Å². The molecule has 0 aromatic heterocycles. The van der Waals surface area contributed by atoms with Crippen molar-refractivity contribution in [1.82, 2.24) is 0 Å². The van der Waals surface area contributed by atoms with Gasteiger partial charge in [0.25, 0.3) is 10.1 Å². The summed E-state index contributed by atoms with van der Waals surface area (Å²) in [6.07, 6.45) is -5.41. The highest BCUT2D eigenvalue weighted by atomic mass is 32.2. The fourth-order valence-electron chi connectivity index (χ4n) is 3.50. The van der Waals surface area contributed by atoms with Crippen molar-refractivity contribution in [1.29, 1.82) is 0 Å². The molecule has 3 aromatic rings. The second kappa shape index (κ2) is 8.22. The first-order chi connectivity index (χ1) is 15.0. The number of halogens is 4. The minimum Gasteiger partial charge on any atom is -0.487 e. The standard InChI is InChI=1S/C23H18F4O4S/c1-14-5-7-20(8-6-14)32(28,29)30-13-19-11-16-9-17(23(25,26)27)12-21(22(16)31-19)15-3-2-4-18(24)10-15/h2-10,12,19H,11,13H2,1H3. The quantitative estimate of drug-likeness (QED) is 0.367. The number of rotatable bonds is 5. The Morgan fingerprint density at radius 2 is 1.78 bits per heavy atom. The second-order valence-corrected chi connectivity index (χ2v) is 9.13. The van der Waals surface area contributed by atoms with Crippen LogP contribution in [0.4, 0.5) is 17.6 Å². The van der Waals surface area contributed by atoms with Crippen LogP contribution in [0.3, 0.4) is 0 Å². The highest BCUT2D eigenvalue weighted by Crippen LogP contribution is 2.43. The summed E-state index contributed by atoms with van der Waals surface area (Å²) in [5, 5.41) is 0. The lowest BCUT2D eigenvalue weighted by Gasteiger charge is -2.15. The fraction of sp³-hybridized carbons (Fsp3) is 0.217. The molecular weight excluding hydrogens is 448 g/mol. The maximum atomic E-state index is 13.7. The third-order valence-electron chi connectivity index (χ3n) is 5.08. The van der Waals surface area contributed by atoms with Gasteiger partial charge in [0.2, 0.25) is 0 Å². The average Bonchev–Trinajstić information content (AvgIpc) is 3.14. The van der Waals surface area contributed by atoms with E-state index in [0.29, 0.717) is 0 Å². The van der Waals surface area contributed by atoms with Gasteiger partial charge in [-0.05, 0) is 54.4 Å². The summed E-state index contributed by atoms with van der Waals surface area (Å²) in [5.41, 5.74) is 0.539. The highest BCUT2D eigenvalue weighted by molar-refractivity contribution is 7.86. The van der Waals surface area contributed by atoms with E-state index in [0.717, 1.165) is 23.8 Å². The number of benzene rings is 3. The zero-order valence-corrected chi connectivity index (χ0v) is 17.6. The molecule has 1 heterocycles. The van der Waals surface area contributed by atoms with Crippen LogP contribution in [0.1, 0.15) is 16.7 Å². The smallest absolute Gasteiger partial charge is 0.416 e. The summed E-state index contributed by atoms with van der Waals surface area (Å²) < 4.78 is 89.7. The molecule has 32 heavy (non-hydrogen) atoms. The fourth-order valence-corrected chi connectivity index (χ4v) is 4.44. The first kappa shape index (κ1) is 22.3. The van der Waals surface area contributed by atoms with Crippen molar-refractivity contribution >= 4 is 10.1 Å². The van der Waals surface area contributed by atoms with Crippen LogP contribution in [-0.2, 0) is 26.9 Å². The molecule has 1 aliphatic heterocycles. The molecule has 0 radical (unpaired) electrons. The molecule has 0 spiro atoms. The molecule has 0 fully saturated rings. The predicted octanol–water partition coefficient (Wildman–Crippen LogP) is 5.53. The molecule has 9 heteroatoms. The Balaban J connectivity index is 1.61. The summed E-state index contributed by atoms with van der Waals surface area (Å²) in [5.74, 6) is -0.444. The van der Waals surface area contributed by atoms with Crippen LogP contribution in [0.5, 0.6) is 5.75 Å². The number of ether oxygens (including phenoxy) is 1.